The molecule has 0 atom stereocenters. The number of piperazine rings is 1. The molecule has 1 aliphatic heterocycles. The third-order valence-electron chi connectivity index (χ3n) is 4.39. The molecular formula is C19H28IN5OS. The molecule has 1 saturated heterocycles. The smallest absolute Gasteiger partial charge is 0.191 e. The number of nitrogens with zero attached hydrogens (tertiary/aromatic N) is 4. The van der Waals surface area contributed by atoms with E-state index in [0.717, 1.165) is 57.4 Å². The second kappa shape index (κ2) is 12.1. The number of hydrogen-bond donors (Lipinski definition) is 1. The first kappa shape index (κ1) is 21.9. The van der Waals surface area contributed by atoms with Crippen LogP contribution in [0.4, 0.5) is 5.13 Å². The minimum absolute atomic E-state index is 0. The standard InChI is InChI=1S/C19H27N5OS.HI/c20-18(23-10-12-24(13-11-23)19-22-9-16-26-19)21-8-4-14-25-15-7-17-5-2-1-3-6-17;/h1-3,5-6,9,16H,4,7-8,10-15H2,(H2,20,21);1H. The summed E-state index contributed by atoms with van der Waals surface area (Å²) in [6.07, 6.45) is 3.70. The quantitative estimate of drug-likeness (QED) is 0.261. The fourth-order valence-electron chi connectivity index (χ4n) is 2.90. The van der Waals surface area contributed by atoms with Crippen molar-refractivity contribution < 1.29 is 4.74 Å². The molecule has 1 aromatic carbocycles. The van der Waals surface area contributed by atoms with E-state index in [1.807, 2.05) is 17.6 Å². The lowest BCUT2D eigenvalue weighted by Crippen LogP contribution is -2.51. The van der Waals surface area contributed by atoms with Gasteiger partial charge >= 0.3 is 0 Å². The second-order valence-corrected chi connectivity index (χ2v) is 7.10. The zero-order valence-electron chi connectivity index (χ0n) is 15.5. The zero-order chi connectivity index (χ0) is 18.0. The first-order valence-electron chi connectivity index (χ1n) is 9.14. The lowest BCUT2D eigenvalue weighted by atomic mass is 10.2. The molecule has 0 unspecified atom stereocenters. The molecule has 0 saturated carbocycles. The molecule has 0 aliphatic carbocycles. The number of ether oxygens (including phenoxy) is 1. The molecule has 1 aromatic heterocycles. The first-order chi connectivity index (χ1) is 12.8. The maximum Gasteiger partial charge on any atom is 0.191 e. The van der Waals surface area contributed by atoms with E-state index in [1.165, 1.54) is 5.56 Å². The average molecular weight is 501 g/mol. The van der Waals surface area contributed by atoms with Gasteiger partial charge in [0.15, 0.2) is 11.1 Å². The van der Waals surface area contributed by atoms with Crippen molar-refractivity contribution in [1.82, 2.24) is 9.88 Å². The van der Waals surface area contributed by atoms with Gasteiger partial charge in [0.2, 0.25) is 0 Å². The Morgan fingerprint density at radius 2 is 1.93 bits per heavy atom. The highest BCUT2D eigenvalue weighted by Gasteiger charge is 2.19. The Morgan fingerprint density at radius 1 is 1.15 bits per heavy atom. The van der Waals surface area contributed by atoms with Crippen LogP contribution >= 0.6 is 35.3 Å². The Morgan fingerprint density at radius 3 is 2.63 bits per heavy atom. The Kier molecular flexibility index (Phi) is 9.85. The molecule has 6 nitrogen and oxygen atoms in total. The summed E-state index contributed by atoms with van der Waals surface area (Å²) < 4.78 is 5.68. The lowest BCUT2D eigenvalue weighted by molar-refractivity contribution is 0.136. The number of aromatic nitrogens is 1. The monoisotopic (exact) mass is 501 g/mol. The number of halogens is 1. The summed E-state index contributed by atoms with van der Waals surface area (Å²) in [6, 6.07) is 10.4. The van der Waals surface area contributed by atoms with Crippen LogP contribution in [-0.4, -0.2) is 61.8 Å². The normalized spacial score (nSPS) is 14.9. The largest absolute Gasteiger partial charge is 0.381 e. The summed E-state index contributed by atoms with van der Waals surface area (Å²) in [7, 11) is 0. The van der Waals surface area contributed by atoms with Crippen LogP contribution in [0.15, 0.2) is 46.9 Å². The number of anilines is 1. The van der Waals surface area contributed by atoms with Crippen LogP contribution in [-0.2, 0) is 11.2 Å². The highest BCUT2D eigenvalue weighted by Crippen LogP contribution is 2.18. The van der Waals surface area contributed by atoms with Crippen molar-refractivity contribution in [3.05, 3.63) is 47.5 Å². The van der Waals surface area contributed by atoms with Crippen LogP contribution in [0.1, 0.15) is 12.0 Å². The highest BCUT2D eigenvalue weighted by molar-refractivity contribution is 14.0. The Bertz CT molecular complexity index is 660. The van der Waals surface area contributed by atoms with E-state index in [0.29, 0.717) is 12.5 Å². The van der Waals surface area contributed by atoms with Crippen molar-refractivity contribution in [2.45, 2.75) is 12.8 Å². The van der Waals surface area contributed by atoms with E-state index in [2.05, 4.69) is 44.0 Å². The van der Waals surface area contributed by atoms with Gasteiger partial charge < -0.3 is 20.3 Å². The topological polar surface area (TPSA) is 67.0 Å². The number of thiazole rings is 1. The number of benzene rings is 1. The van der Waals surface area contributed by atoms with Crippen LogP contribution < -0.4 is 10.6 Å². The third kappa shape index (κ3) is 7.27. The summed E-state index contributed by atoms with van der Waals surface area (Å²) >= 11 is 1.68. The highest BCUT2D eigenvalue weighted by atomic mass is 127. The minimum Gasteiger partial charge on any atom is -0.381 e. The molecule has 0 spiro atoms. The molecule has 2 aromatic rings. The summed E-state index contributed by atoms with van der Waals surface area (Å²) in [5.41, 5.74) is 7.44. The van der Waals surface area contributed by atoms with Gasteiger partial charge in [0, 0.05) is 50.9 Å². The third-order valence-corrected chi connectivity index (χ3v) is 5.22. The van der Waals surface area contributed by atoms with Gasteiger partial charge in [0.05, 0.1) is 6.61 Å². The molecule has 2 heterocycles. The Balaban J connectivity index is 0.00000261. The average Bonchev–Trinajstić information content (AvgIpc) is 3.23. The number of guanidine groups is 1. The van der Waals surface area contributed by atoms with E-state index in [4.69, 9.17) is 10.5 Å². The fourth-order valence-corrected chi connectivity index (χ4v) is 3.59. The second-order valence-electron chi connectivity index (χ2n) is 6.23. The molecule has 0 bridgehead atoms. The maximum atomic E-state index is 6.13. The van der Waals surface area contributed by atoms with Crippen molar-refractivity contribution in [2.24, 2.45) is 10.7 Å². The zero-order valence-corrected chi connectivity index (χ0v) is 18.6. The van der Waals surface area contributed by atoms with Gasteiger partial charge in [0.25, 0.3) is 0 Å². The number of rotatable bonds is 8. The lowest BCUT2D eigenvalue weighted by Gasteiger charge is -2.35. The van der Waals surface area contributed by atoms with E-state index in [1.54, 1.807) is 11.3 Å². The number of aliphatic imine (C=N–C) groups is 1. The van der Waals surface area contributed by atoms with Gasteiger partial charge in [-0.3, -0.25) is 4.99 Å². The van der Waals surface area contributed by atoms with Gasteiger partial charge in [-0.25, -0.2) is 4.98 Å². The SMILES string of the molecule is I.NC(=NCCCOCCc1ccccc1)N1CCN(c2nccs2)CC1. The molecule has 8 heteroatoms. The van der Waals surface area contributed by atoms with Crippen LogP contribution in [0, 0.1) is 0 Å². The summed E-state index contributed by atoms with van der Waals surface area (Å²) in [4.78, 5) is 13.3. The number of nitrogens with two attached hydrogens (primary N) is 1. The van der Waals surface area contributed by atoms with Crippen LogP contribution in [0.5, 0.6) is 0 Å². The maximum absolute atomic E-state index is 6.13. The van der Waals surface area contributed by atoms with Crippen molar-refractivity contribution in [3.8, 4) is 0 Å². The van der Waals surface area contributed by atoms with Crippen LogP contribution in [0.3, 0.4) is 0 Å². The van der Waals surface area contributed by atoms with E-state index >= 15 is 0 Å². The molecule has 1 aliphatic rings. The van der Waals surface area contributed by atoms with Crippen molar-refractivity contribution in [1.29, 1.82) is 0 Å². The van der Waals surface area contributed by atoms with Crippen molar-refractivity contribution >= 4 is 46.4 Å². The van der Waals surface area contributed by atoms with E-state index in [-0.39, 0.29) is 24.0 Å². The molecule has 1 fully saturated rings. The fraction of sp³-hybridized carbons (Fsp3) is 0.474. The molecular weight excluding hydrogens is 473 g/mol. The molecule has 3 rings (SSSR count). The molecule has 148 valence electrons. The van der Waals surface area contributed by atoms with E-state index in [9.17, 15) is 0 Å². The van der Waals surface area contributed by atoms with Crippen LogP contribution in [0.2, 0.25) is 0 Å². The minimum atomic E-state index is 0. The summed E-state index contributed by atoms with van der Waals surface area (Å²) in [6.45, 7) is 5.84. The number of hydrogen-bond acceptors (Lipinski definition) is 5. The van der Waals surface area contributed by atoms with Crippen LogP contribution in [0.25, 0.3) is 0 Å². The van der Waals surface area contributed by atoms with Gasteiger partial charge in [-0.1, -0.05) is 30.3 Å². The predicted octanol–water partition coefficient (Wildman–Crippen LogP) is 2.85. The first-order valence-corrected chi connectivity index (χ1v) is 10.0. The Labute approximate surface area is 182 Å². The van der Waals surface area contributed by atoms with Gasteiger partial charge in [-0.15, -0.1) is 35.3 Å². The van der Waals surface area contributed by atoms with Gasteiger partial charge in [0.1, 0.15) is 0 Å². The molecule has 0 amide bonds. The summed E-state index contributed by atoms with van der Waals surface area (Å²) in [5.74, 6) is 0.646. The predicted molar refractivity (Wildman–Crippen MR) is 123 cm³/mol. The van der Waals surface area contributed by atoms with Crippen molar-refractivity contribution in [3.63, 3.8) is 0 Å². The molecule has 27 heavy (non-hydrogen) atoms. The van der Waals surface area contributed by atoms with Gasteiger partial charge in [-0.05, 0) is 18.4 Å². The van der Waals surface area contributed by atoms with Crippen molar-refractivity contribution in [2.75, 3.05) is 50.8 Å². The summed E-state index contributed by atoms with van der Waals surface area (Å²) in [5, 5.41) is 3.10. The Hall–Kier alpha value is -1.39. The molecule has 2 N–H and O–H groups in total. The molecule has 0 radical (unpaired) electrons. The van der Waals surface area contributed by atoms with Gasteiger partial charge in [-0.2, -0.15) is 0 Å². The van der Waals surface area contributed by atoms with E-state index < -0.39 is 0 Å².